The molecule has 1 aromatic rings. The number of sulfonamides is 1. The summed E-state index contributed by atoms with van der Waals surface area (Å²) < 4.78 is 25.5. The Morgan fingerprint density at radius 2 is 2.05 bits per heavy atom. The third kappa shape index (κ3) is 2.93. The third-order valence-electron chi connectivity index (χ3n) is 4.41. The second-order valence-electron chi connectivity index (χ2n) is 6.29. The molecule has 0 aromatic heterocycles. The number of nitrogens with zero attached hydrogens (tertiary/aromatic N) is 3. The summed E-state index contributed by atoms with van der Waals surface area (Å²) in [5.41, 5.74) is 7.00. The number of rotatable bonds is 2. The van der Waals surface area contributed by atoms with E-state index in [1.807, 2.05) is 14.0 Å². The second kappa shape index (κ2) is 5.72. The lowest BCUT2D eigenvalue weighted by Crippen LogP contribution is -2.42. The average Bonchev–Trinajstić information content (AvgIpc) is 2.68. The molecule has 0 radical (unpaired) electrons. The molecule has 2 heterocycles. The van der Waals surface area contributed by atoms with Crippen LogP contribution in [0, 0.1) is 0 Å². The predicted octanol–water partition coefficient (Wildman–Crippen LogP) is 1.32. The Kier molecular flexibility index (Phi) is 4.05. The van der Waals surface area contributed by atoms with E-state index in [9.17, 15) is 8.42 Å². The molecule has 0 spiro atoms. The van der Waals surface area contributed by atoms with Crippen LogP contribution in [0.3, 0.4) is 0 Å². The van der Waals surface area contributed by atoms with Gasteiger partial charge in [-0.2, -0.15) is 4.31 Å². The molecule has 7 heteroatoms. The maximum Gasteiger partial charge on any atom is 0.211 e. The number of hydrogen-bond donors (Lipinski definition) is 1. The third-order valence-corrected chi connectivity index (χ3v) is 5.80. The fourth-order valence-corrected chi connectivity index (χ4v) is 4.66. The maximum absolute atomic E-state index is 11.9. The van der Waals surface area contributed by atoms with Crippen LogP contribution < -0.4 is 10.3 Å². The molecule has 0 aliphatic carbocycles. The first-order chi connectivity index (χ1) is 10.4. The molecule has 1 unspecified atom stereocenters. The number of benzene rings is 1. The number of hydrazine groups is 1. The molecule has 1 N–H and O–H groups in total. The SMILES string of the molecule is CC1CN(c2cccc3c2CN(C)N3)CCCN1S(C)(=O)=O. The molecule has 122 valence electrons. The van der Waals surface area contributed by atoms with Crippen molar-refractivity contribution >= 4 is 21.4 Å². The zero-order valence-electron chi connectivity index (χ0n) is 13.4. The van der Waals surface area contributed by atoms with Crippen LogP contribution in [0.15, 0.2) is 18.2 Å². The van der Waals surface area contributed by atoms with E-state index in [1.165, 1.54) is 17.5 Å². The normalized spacial score (nSPS) is 24.0. The van der Waals surface area contributed by atoms with E-state index in [0.29, 0.717) is 6.54 Å². The van der Waals surface area contributed by atoms with Gasteiger partial charge in [0.1, 0.15) is 0 Å². The van der Waals surface area contributed by atoms with Gasteiger partial charge in [-0.15, -0.1) is 0 Å². The topological polar surface area (TPSA) is 55.9 Å². The van der Waals surface area contributed by atoms with E-state index in [0.717, 1.165) is 31.7 Å². The van der Waals surface area contributed by atoms with Gasteiger partial charge in [0.25, 0.3) is 0 Å². The van der Waals surface area contributed by atoms with Gasteiger partial charge in [0.05, 0.1) is 11.9 Å². The Labute approximate surface area is 132 Å². The molecule has 0 amide bonds. The zero-order valence-corrected chi connectivity index (χ0v) is 14.2. The fourth-order valence-electron chi connectivity index (χ4n) is 3.47. The van der Waals surface area contributed by atoms with Crippen molar-refractivity contribution in [2.75, 3.05) is 43.3 Å². The molecular weight excluding hydrogens is 300 g/mol. The zero-order chi connectivity index (χ0) is 15.9. The van der Waals surface area contributed by atoms with Gasteiger partial charge in [0.15, 0.2) is 0 Å². The molecule has 0 saturated carbocycles. The number of hydrogen-bond acceptors (Lipinski definition) is 5. The van der Waals surface area contributed by atoms with Crippen LogP contribution in [-0.4, -0.2) is 56.7 Å². The van der Waals surface area contributed by atoms with E-state index in [-0.39, 0.29) is 6.04 Å². The summed E-state index contributed by atoms with van der Waals surface area (Å²) in [4.78, 5) is 2.33. The van der Waals surface area contributed by atoms with E-state index in [2.05, 4.69) is 33.5 Å². The summed E-state index contributed by atoms with van der Waals surface area (Å²) >= 11 is 0. The molecule has 1 fully saturated rings. The van der Waals surface area contributed by atoms with Crippen molar-refractivity contribution in [1.29, 1.82) is 0 Å². The lowest BCUT2D eigenvalue weighted by Gasteiger charge is -2.29. The van der Waals surface area contributed by atoms with Crippen LogP contribution in [0.2, 0.25) is 0 Å². The van der Waals surface area contributed by atoms with Gasteiger partial charge in [0, 0.05) is 50.5 Å². The van der Waals surface area contributed by atoms with Crippen LogP contribution in [0.1, 0.15) is 18.9 Å². The Morgan fingerprint density at radius 3 is 2.77 bits per heavy atom. The predicted molar refractivity (Wildman–Crippen MR) is 89.4 cm³/mol. The molecular formula is C15H24N4O2S. The van der Waals surface area contributed by atoms with Gasteiger partial charge < -0.3 is 10.3 Å². The van der Waals surface area contributed by atoms with Gasteiger partial charge in [-0.1, -0.05) is 6.07 Å². The Bertz CT molecular complexity index is 662. The summed E-state index contributed by atoms with van der Waals surface area (Å²) in [5, 5.41) is 2.07. The monoisotopic (exact) mass is 324 g/mol. The van der Waals surface area contributed by atoms with Crippen molar-refractivity contribution in [2.45, 2.75) is 25.9 Å². The van der Waals surface area contributed by atoms with Gasteiger partial charge in [-0.25, -0.2) is 13.4 Å². The highest BCUT2D eigenvalue weighted by molar-refractivity contribution is 7.88. The van der Waals surface area contributed by atoms with Crippen LogP contribution in [0.25, 0.3) is 0 Å². The van der Waals surface area contributed by atoms with Crippen LogP contribution in [0.5, 0.6) is 0 Å². The highest BCUT2D eigenvalue weighted by Gasteiger charge is 2.29. The van der Waals surface area contributed by atoms with E-state index in [1.54, 1.807) is 4.31 Å². The number of anilines is 2. The molecule has 6 nitrogen and oxygen atoms in total. The van der Waals surface area contributed by atoms with Gasteiger partial charge >= 0.3 is 0 Å². The summed E-state index contributed by atoms with van der Waals surface area (Å²) in [6.45, 7) is 5.08. The van der Waals surface area contributed by atoms with Crippen molar-refractivity contribution in [3.63, 3.8) is 0 Å². The molecule has 1 saturated heterocycles. The standard InChI is InChI=1S/C15H24N4O2S/c1-12-10-18(8-5-9-19(12)22(3,20)21)15-7-4-6-14-13(15)11-17(2)16-14/h4,6-7,12,16H,5,8-11H2,1-3H3. The lowest BCUT2D eigenvalue weighted by molar-refractivity contribution is 0.360. The van der Waals surface area contributed by atoms with Crippen LogP contribution in [-0.2, 0) is 16.6 Å². The highest BCUT2D eigenvalue weighted by Crippen LogP contribution is 2.34. The van der Waals surface area contributed by atoms with Gasteiger partial charge in [-0.05, 0) is 25.5 Å². The van der Waals surface area contributed by atoms with Crippen molar-refractivity contribution in [1.82, 2.24) is 9.31 Å². The molecule has 3 rings (SSSR count). The number of nitrogens with one attached hydrogen (secondary N) is 1. The first-order valence-corrected chi connectivity index (χ1v) is 9.52. The largest absolute Gasteiger partial charge is 0.370 e. The van der Waals surface area contributed by atoms with E-state index in [4.69, 9.17) is 0 Å². The quantitative estimate of drug-likeness (QED) is 0.889. The average molecular weight is 324 g/mol. The van der Waals surface area contributed by atoms with Crippen molar-refractivity contribution < 1.29 is 8.42 Å². The van der Waals surface area contributed by atoms with Crippen molar-refractivity contribution in [3.05, 3.63) is 23.8 Å². The molecule has 22 heavy (non-hydrogen) atoms. The molecule has 1 atom stereocenters. The minimum absolute atomic E-state index is 0.0135. The van der Waals surface area contributed by atoms with E-state index < -0.39 is 10.0 Å². The summed E-state index contributed by atoms with van der Waals surface area (Å²) in [6.07, 6.45) is 2.16. The molecule has 2 aliphatic rings. The second-order valence-corrected chi connectivity index (χ2v) is 8.23. The highest BCUT2D eigenvalue weighted by atomic mass is 32.2. The lowest BCUT2D eigenvalue weighted by atomic mass is 10.1. The Balaban J connectivity index is 1.87. The Morgan fingerprint density at radius 1 is 1.27 bits per heavy atom. The summed E-state index contributed by atoms with van der Waals surface area (Å²) in [6, 6.07) is 6.28. The molecule has 1 aromatic carbocycles. The van der Waals surface area contributed by atoms with Crippen molar-refractivity contribution in [3.8, 4) is 0 Å². The number of fused-ring (bicyclic) bond motifs is 1. The van der Waals surface area contributed by atoms with Crippen molar-refractivity contribution in [2.24, 2.45) is 0 Å². The fraction of sp³-hybridized carbons (Fsp3) is 0.600. The summed E-state index contributed by atoms with van der Waals surface area (Å²) in [5.74, 6) is 0. The first-order valence-electron chi connectivity index (χ1n) is 7.67. The molecule has 2 aliphatic heterocycles. The minimum atomic E-state index is -3.14. The van der Waals surface area contributed by atoms with Crippen LogP contribution >= 0.6 is 0 Å². The van der Waals surface area contributed by atoms with Gasteiger partial charge in [0.2, 0.25) is 10.0 Å². The van der Waals surface area contributed by atoms with E-state index >= 15 is 0 Å². The maximum atomic E-state index is 11.9. The Hall–Kier alpha value is -1.31. The van der Waals surface area contributed by atoms with Crippen LogP contribution in [0.4, 0.5) is 11.4 Å². The first kappa shape index (κ1) is 15.6. The smallest absolute Gasteiger partial charge is 0.211 e. The molecule has 0 bridgehead atoms. The summed E-state index contributed by atoms with van der Waals surface area (Å²) in [7, 11) is -1.11. The van der Waals surface area contributed by atoms with Gasteiger partial charge in [-0.3, -0.25) is 0 Å². The minimum Gasteiger partial charge on any atom is -0.370 e.